The summed E-state index contributed by atoms with van der Waals surface area (Å²) >= 11 is 1.26. The topological polar surface area (TPSA) is 60.9 Å². The van der Waals surface area contributed by atoms with Gasteiger partial charge in [-0.2, -0.15) is 13.2 Å². The van der Waals surface area contributed by atoms with Gasteiger partial charge in [0, 0.05) is 19.5 Å². The standard InChI is InChI=1S/C15H17F3N2O3S/c16-15(17,18)14(23)5-7-19(9-14)12(21)10-3-1-6-20(10)13(22)11-4-2-8-24-11/h2,4,8,10,23H,1,3,5-7,9H2/t10-,14?/m0/s1. The van der Waals surface area contributed by atoms with Crippen molar-refractivity contribution >= 4 is 23.2 Å². The van der Waals surface area contributed by atoms with Crippen LogP contribution in [0.25, 0.3) is 0 Å². The summed E-state index contributed by atoms with van der Waals surface area (Å²) in [5, 5.41) is 11.5. The van der Waals surface area contributed by atoms with Gasteiger partial charge < -0.3 is 14.9 Å². The lowest BCUT2D eigenvalue weighted by Gasteiger charge is -2.29. The van der Waals surface area contributed by atoms with Crippen LogP contribution >= 0.6 is 11.3 Å². The van der Waals surface area contributed by atoms with Crippen molar-refractivity contribution in [3.05, 3.63) is 22.4 Å². The number of rotatable bonds is 2. The van der Waals surface area contributed by atoms with E-state index in [4.69, 9.17) is 0 Å². The molecule has 1 aromatic rings. The van der Waals surface area contributed by atoms with Gasteiger partial charge in [0.05, 0.1) is 11.4 Å². The number of thiophene rings is 1. The Labute approximate surface area is 140 Å². The zero-order valence-electron chi connectivity index (χ0n) is 12.8. The molecule has 2 saturated heterocycles. The lowest BCUT2D eigenvalue weighted by atomic mass is 10.0. The van der Waals surface area contributed by atoms with Crippen molar-refractivity contribution in [1.82, 2.24) is 9.80 Å². The first-order chi connectivity index (χ1) is 11.2. The molecule has 3 heterocycles. The van der Waals surface area contributed by atoms with Crippen LogP contribution in [0, 0.1) is 0 Å². The molecule has 3 rings (SSSR count). The van der Waals surface area contributed by atoms with Crippen molar-refractivity contribution in [3.63, 3.8) is 0 Å². The molecule has 1 N–H and O–H groups in total. The molecular weight excluding hydrogens is 345 g/mol. The highest BCUT2D eigenvalue weighted by atomic mass is 32.1. The van der Waals surface area contributed by atoms with Gasteiger partial charge in [0.25, 0.3) is 5.91 Å². The van der Waals surface area contributed by atoms with Crippen LogP contribution in [0.3, 0.4) is 0 Å². The zero-order chi connectivity index (χ0) is 17.5. The lowest BCUT2D eigenvalue weighted by Crippen LogP contribution is -2.51. The van der Waals surface area contributed by atoms with E-state index in [1.54, 1.807) is 17.5 Å². The summed E-state index contributed by atoms with van der Waals surface area (Å²) in [7, 11) is 0. The molecule has 0 saturated carbocycles. The maximum Gasteiger partial charge on any atom is 0.419 e. The molecule has 0 aromatic carbocycles. The Kier molecular flexibility index (Phi) is 4.33. The minimum atomic E-state index is -4.77. The van der Waals surface area contributed by atoms with Gasteiger partial charge in [-0.05, 0) is 24.3 Å². The molecule has 0 bridgehead atoms. The lowest BCUT2D eigenvalue weighted by molar-refractivity contribution is -0.253. The normalized spacial score (nSPS) is 27.8. The number of aliphatic hydroxyl groups is 1. The molecule has 9 heteroatoms. The van der Waals surface area contributed by atoms with Gasteiger partial charge in [0.15, 0.2) is 5.60 Å². The predicted molar refractivity (Wildman–Crippen MR) is 80.6 cm³/mol. The number of nitrogens with zero attached hydrogens (tertiary/aromatic N) is 2. The number of amides is 2. The minimum Gasteiger partial charge on any atom is -0.379 e. The molecule has 2 aliphatic rings. The number of hydrogen-bond acceptors (Lipinski definition) is 4. The van der Waals surface area contributed by atoms with E-state index in [1.807, 2.05) is 0 Å². The van der Waals surface area contributed by atoms with E-state index in [9.17, 15) is 27.9 Å². The van der Waals surface area contributed by atoms with Crippen molar-refractivity contribution < 1.29 is 27.9 Å². The first-order valence-electron chi connectivity index (χ1n) is 7.65. The summed E-state index contributed by atoms with van der Waals surface area (Å²) in [6, 6.07) is 2.63. The first kappa shape index (κ1) is 17.2. The van der Waals surface area contributed by atoms with E-state index in [2.05, 4.69) is 0 Å². The van der Waals surface area contributed by atoms with E-state index >= 15 is 0 Å². The number of hydrogen-bond donors (Lipinski definition) is 1. The summed E-state index contributed by atoms with van der Waals surface area (Å²) in [5.41, 5.74) is -2.86. The molecule has 2 amide bonds. The summed E-state index contributed by atoms with van der Waals surface area (Å²) in [6.45, 7) is -0.524. The molecule has 0 spiro atoms. The van der Waals surface area contributed by atoms with Crippen LogP contribution in [0.4, 0.5) is 13.2 Å². The van der Waals surface area contributed by atoms with Crippen LogP contribution in [0.1, 0.15) is 28.9 Å². The molecule has 132 valence electrons. The van der Waals surface area contributed by atoms with E-state index in [0.717, 1.165) is 4.90 Å². The van der Waals surface area contributed by atoms with E-state index in [-0.39, 0.29) is 12.5 Å². The minimum absolute atomic E-state index is 0.160. The van der Waals surface area contributed by atoms with Gasteiger partial charge >= 0.3 is 6.18 Å². The summed E-state index contributed by atoms with van der Waals surface area (Å²) in [5.74, 6) is -0.788. The second-order valence-electron chi connectivity index (χ2n) is 6.17. The maximum absolute atomic E-state index is 12.9. The molecule has 2 atom stereocenters. The SMILES string of the molecule is O=C([C@@H]1CCCN1C(=O)c1cccs1)N1CCC(O)(C(F)(F)F)C1. The highest BCUT2D eigenvalue weighted by Gasteiger charge is 2.58. The molecule has 2 aliphatic heterocycles. The Morgan fingerprint density at radius 1 is 1.33 bits per heavy atom. The van der Waals surface area contributed by atoms with E-state index in [1.165, 1.54) is 16.2 Å². The Hall–Kier alpha value is -1.61. The fourth-order valence-electron chi connectivity index (χ4n) is 3.23. The molecule has 1 unspecified atom stereocenters. The maximum atomic E-state index is 12.9. The summed E-state index contributed by atoms with van der Waals surface area (Å²) < 4.78 is 38.7. The third kappa shape index (κ3) is 2.90. The highest BCUT2D eigenvalue weighted by Crippen LogP contribution is 2.38. The van der Waals surface area contributed by atoms with Crippen LogP contribution in [0.2, 0.25) is 0 Å². The molecule has 24 heavy (non-hydrogen) atoms. The molecular formula is C15H17F3N2O3S. The van der Waals surface area contributed by atoms with Crippen molar-refractivity contribution in [2.45, 2.75) is 37.1 Å². The predicted octanol–water partition coefficient (Wildman–Crippen LogP) is 1.88. The first-order valence-corrected chi connectivity index (χ1v) is 8.53. The van der Waals surface area contributed by atoms with Crippen molar-refractivity contribution in [1.29, 1.82) is 0 Å². The Bertz CT molecular complexity index is 634. The van der Waals surface area contributed by atoms with E-state index < -0.39 is 36.7 Å². The Balaban J connectivity index is 1.72. The monoisotopic (exact) mass is 362 g/mol. The van der Waals surface area contributed by atoms with Gasteiger partial charge in [-0.15, -0.1) is 11.3 Å². The third-order valence-electron chi connectivity index (χ3n) is 4.62. The highest BCUT2D eigenvalue weighted by molar-refractivity contribution is 7.12. The third-order valence-corrected chi connectivity index (χ3v) is 5.48. The number of alkyl halides is 3. The van der Waals surface area contributed by atoms with Crippen molar-refractivity contribution in [2.75, 3.05) is 19.6 Å². The molecule has 1 aromatic heterocycles. The van der Waals surface area contributed by atoms with E-state index in [0.29, 0.717) is 24.3 Å². The van der Waals surface area contributed by atoms with Crippen LogP contribution in [-0.2, 0) is 4.79 Å². The van der Waals surface area contributed by atoms with Gasteiger partial charge in [-0.3, -0.25) is 9.59 Å². The van der Waals surface area contributed by atoms with Crippen LogP contribution < -0.4 is 0 Å². The van der Waals surface area contributed by atoms with Gasteiger partial charge in [-0.1, -0.05) is 6.07 Å². The van der Waals surface area contributed by atoms with Gasteiger partial charge in [-0.25, -0.2) is 0 Å². The summed E-state index contributed by atoms with van der Waals surface area (Å²) in [6.07, 6.45) is -4.25. The average molecular weight is 362 g/mol. The fraction of sp³-hybridized carbons (Fsp3) is 0.600. The molecule has 2 fully saturated rings. The van der Waals surface area contributed by atoms with Crippen molar-refractivity contribution in [2.24, 2.45) is 0 Å². The number of carbonyl (C=O) groups excluding carboxylic acids is 2. The molecule has 0 radical (unpaired) electrons. The van der Waals surface area contributed by atoms with Crippen LogP contribution in [0.5, 0.6) is 0 Å². The van der Waals surface area contributed by atoms with Crippen LogP contribution in [-0.4, -0.2) is 64.2 Å². The Morgan fingerprint density at radius 3 is 2.67 bits per heavy atom. The van der Waals surface area contributed by atoms with Gasteiger partial charge in [0.1, 0.15) is 6.04 Å². The zero-order valence-corrected chi connectivity index (χ0v) is 13.6. The number of β-amino-alcohol motifs (C(OH)–C–C–N with tert-alkyl or cyclic N) is 1. The largest absolute Gasteiger partial charge is 0.419 e. The number of halogens is 3. The van der Waals surface area contributed by atoms with Crippen molar-refractivity contribution in [3.8, 4) is 0 Å². The average Bonchev–Trinajstić information content (AvgIpc) is 3.25. The Morgan fingerprint density at radius 2 is 2.08 bits per heavy atom. The summed E-state index contributed by atoms with van der Waals surface area (Å²) in [4.78, 5) is 28.0. The van der Waals surface area contributed by atoms with Crippen LogP contribution in [0.15, 0.2) is 17.5 Å². The molecule has 5 nitrogen and oxygen atoms in total. The second-order valence-corrected chi connectivity index (χ2v) is 7.12. The number of likely N-dealkylation sites (tertiary alicyclic amines) is 2. The van der Waals surface area contributed by atoms with Gasteiger partial charge in [0.2, 0.25) is 5.91 Å². The fourth-order valence-corrected chi connectivity index (χ4v) is 3.91. The second kappa shape index (κ2) is 6.03. The smallest absolute Gasteiger partial charge is 0.379 e. The number of carbonyl (C=O) groups is 2. The molecule has 0 aliphatic carbocycles. The quantitative estimate of drug-likeness (QED) is 0.874.